The van der Waals surface area contributed by atoms with Crippen molar-refractivity contribution in [3.8, 4) is 11.3 Å². The standard InChI is InChI=1S/C15H16N2O2/c1-9-4-5-12(11(3)10(9)2)13-6-7-16-14(17-13)8-15(18)19/h4-7H,8H2,1-3H3,(H,18,19). The molecule has 98 valence electrons. The van der Waals surface area contributed by atoms with E-state index in [1.165, 1.54) is 16.7 Å². The van der Waals surface area contributed by atoms with Crippen molar-refractivity contribution >= 4 is 5.97 Å². The van der Waals surface area contributed by atoms with Gasteiger partial charge in [0.15, 0.2) is 0 Å². The molecule has 19 heavy (non-hydrogen) atoms. The molecule has 1 aromatic carbocycles. The van der Waals surface area contributed by atoms with Crippen LogP contribution in [0, 0.1) is 20.8 Å². The van der Waals surface area contributed by atoms with Crippen molar-refractivity contribution in [3.05, 3.63) is 46.9 Å². The molecule has 0 aliphatic rings. The quantitative estimate of drug-likeness (QED) is 0.917. The highest BCUT2D eigenvalue weighted by molar-refractivity contribution is 5.70. The van der Waals surface area contributed by atoms with Gasteiger partial charge in [0.2, 0.25) is 0 Å². The van der Waals surface area contributed by atoms with E-state index in [-0.39, 0.29) is 6.42 Å². The second-order valence-electron chi connectivity index (χ2n) is 4.61. The van der Waals surface area contributed by atoms with Crippen LogP contribution in [-0.2, 0) is 11.2 Å². The van der Waals surface area contributed by atoms with Crippen LogP contribution in [0.15, 0.2) is 24.4 Å². The van der Waals surface area contributed by atoms with Crippen LogP contribution in [-0.4, -0.2) is 21.0 Å². The van der Waals surface area contributed by atoms with Crippen molar-refractivity contribution in [3.63, 3.8) is 0 Å². The second kappa shape index (κ2) is 5.18. The fourth-order valence-electron chi connectivity index (χ4n) is 2.00. The lowest BCUT2D eigenvalue weighted by Gasteiger charge is -2.11. The van der Waals surface area contributed by atoms with Crippen LogP contribution in [0.4, 0.5) is 0 Å². The van der Waals surface area contributed by atoms with E-state index in [0.717, 1.165) is 11.3 Å². The first-order valence-electron chi connectivity index (χ1n) is 6.10. The van der Waals surface area contributed by atoms with Crippen molar-refractivity contribution in [1.82, 2.24) is 9.97 Å². The van der Waals surface area contributed by atoms with Gasteiger partial charge in [0.25, 0.3) is 0 Å². The Balaban J connectivity index is 2.47. The summed E-state index contributed by atoms with van der Waals surface area (Å²) in [5.41, 5.74) is 5.43. The molecule has 0 amide bonds. The van der Waals surface area contributed by atoms with E-state index in [0.29, 0.717) is 5.82 Å². The molecule has 0 fully saturated rings. The second-order valence-corrected chi connectivity index (χ2v) is 4.61. The molecule has 4 heteroatoms. The Morgan fingerprint density at radius 2 is 1.89 bits per heavy atom. The zero-order valence-corrected chi connectivity index (χ0v) is 11.3. The van der Waals surface area contributed by atoms with Crippen LogP contribution in [0.5, 0.6) is 0 Å². The van der Waals surface area contributed by atoms with Gasteiger partial charge in [-0.25, -0.2) is 9.97 Å². The summed E-state index contributed by atoms with van der Waals surface area (Å²) in [5, 5.41) is 8.78. The molecule has 0 saturated heterocycles. The van der Waals surface area contributed by atoms with Crippen LogP contribution in [0.3, 0.4) is 0 Å². The monoisotopic (exact) mass is 256 g/mol. The van der Waals surface area contributed by atoms with Crippen molar-refractivity contribution in [2.24, 2.45) is 0 Å². The number of benzene rings is 1. The highest BCUT2D eigenvalue weighted by atomic mass is 16.4. The zero-order chi connectivity index (χ0) is 14.0. The van der Waals surface area contributed by atoms with Gasteiger partial charge in [-0.3, -0.25) is 4.79 Å². The van der Waals surface area contributed by atoms with E-state index in [9.17, 15) is 4.79 Å². The first-order chi connectivity index (χ1) is 8.99. The minimum atomic E-state index is -0.922. The van der Waals surface area contributed by atoms with Gasteiger partial charge in [-0.1, -0.05) is 12.1 Å². The van der Waals surface area contributed by atoms with Gasteiger partial charge in [-0.05, 0) is 43.5 Å². The van der Waals surface area contributed by atoms with Crippen molar-refractivity contribution in [2.45, 2.75) is 27.2 Å². The number of rotatable bonds is 3. The van der Waals surface area contributed by atoms with Crippen molar-refractivity contribution < 1.29 is 9.90 Å². The lowest BCUT2D eigenvalue weighted by Crippen LogP contribution is -2.05. The molecule has 0 radical (unpaired) electrons. The summed E-state index contributed by atoms with van der Waals surface area (Å²) in [7, 11) is 0. The Morgan fingerprint density at radius 1 is 1.16 bits per heavy atom. The molecular weight excluding hydrogens is 240 g/mol. The van der Waals surface area contributed by atoms with E-state index in [4.69, 9.17) is 5.11 Å². The molecule has 0 saturated carbocycles. The number of aromatic nitrogens is 2. The normalized spacial score (nSPS) is 10.5. The van der Waals surface area contributed by atoms with Gasteiger partial charge in [0, 0.05) is 11.8 Å². The number of hydrogen-bond acceptors (Lipinski definition) is 3. The third-order valence-corrected chi connectivity index (χ3v) is 3.35. The third-order valence-electron chi connectivity index (χ3n) is 3.35. The first kappa shape index (κ1) is 13.2. The molecule has 1 heterocycles. The molecule has 0 bridgehead atoms. The number of carboxylic acids is 1. The number of hydrogen-bond donors (Lipinski definition) is 1. The Morgan fingerprint density at radius 3 is 2.58 bits per heavy atom. The van der Waals surface area contributed by atoms with Crippen molar-refractivity contribution in [2.75, 3.05) is 0 Å². The highest BCUT2D eigenvalue weighted by Crippen LogP contribution is 2.25. The lowest BCUT2D eigenvalue weighted by atomic mass is 9.97. The fourth-order valence-corrected chi connectivity index (χ4v) is 2.00. The highest BCUT2D eigenvalue weighted by Gasteiger charge is 2.09. The molecule has 2 aromatic rings. The van der Waals surface area contributed by atoms with Crippen LogP contribution >= 0.6 is 0 Å². The minimum Gasteiger partial charge on any atom is -0.481 e. The predicted molar refractivity (Wildman–Crippen MR) is 73.0 cm³/mol. The summed E-state index contributed by atoms with van der Waals surface area (Å²) < 4.78 is 0. The summed E-state index contributed by atoms with van der Waals surface area (Å²) in [5.74, 6) is -0.586. The maximum absolute atomic E-state index is 10.7. The summed E-state index contributed by atoms with van der Waals surface area (Å²) in [6, 6.07) is 5.88. The number of aliphatic carboxylic acids is 1. The summed E-state index contributed by atoms with van der Waals surface area (Å²) in [4.78, 5) is 19.0. The molecule has 0 spiro atoms. The van der Waals surface area contributed by atoms with Crippen molar-refractivity contribution in [1.29, 1.82) is 0 Å². The summed E-state index contributed by atoms with van der Waals surface area (Å²) in [6.45, 7) is 6.20. The van der Waals surface area contributed by atoms with Gasteiger partial charge in [-0.15, -0.1) is 0 Å². The van der Waals surface area contributed by atoms with Crippen LogP contribution in [0.25, 0.3) is 11.3 Å². The van der Waals surface area contributed by atoms with Gasteiger partial charge < -0.3 is 5.11 Å². The molecule has 4 nitrogen and oxygen atoms in total. The molecule has 0 unspecified atom stereocenters. The van der Waals surface area contributed by atoms with E-state index in [1.54, 1.807) is 6.20 Å². The minimum absolute atomic E-state index is 0.155. The molecule has 0 aliphatic heterocycles. The average Bonchev–Trinajstić information content (AvgIpc) is 2.36. The van der Waals surface area contributed by atoms with Gasteiger partial charge in [-0.2, -0.15) is 0 Å². The SMILES string of the molecule is Cc1ccc(-c2ccnc(CC(=O)O)n2)c(C)c1C. The van der Waals surface area contributed by atoms with Gasteiger partial charge in [0.05, 0.1) is 5.69 Å². The van der Waals surface area contributed by atoms with Gasteiger partial charge >= 0.3 is 5.97 Å². The molecular formula is C15H16N2O2. The van der Waals surface area contributed by atoms with Crippen LogP contribution in [0.2, 0.25) is 0 Å². The Labute approximate surface area is 112 Å². The largest absolute Gasteiger partial charge is 0.481 e. The third kappa shape index (κ3) is 2.78. The van der Waals surface area contributed by atoms with Crippen LogP contribution in [0.1, 0.15) is 22.5 Å². The average molecular weight is 256 g/mol. The first-order valence-corrected chi connectivity index (χ1v) is 6.10. The molecule has 1 N–H and O–H groups in total. The zero-order valence-electron chi connectivity index (χ0n) is 11.3. The van der Waals surface area contributed by atoms with E-state index < -0.39 is 5.97 Å². The number of carboxylic acid groups (broad SMARTS) is 1. The Kier molecular flexibility index (Phi) is 3.60. The topological polar surface area (TPSA) is 63.1 Å². The summed E-state index contributed by atoms with van der Waals surface area (Å²) in [6.07, 6.45) is 1.45. The summed E-state index contributed by atoms with van der Waals surface area (Å²) >= 11 is 0. The van der Waals surface area contributed by atoms with Crippen LogP contribution < -0.4 is 0 Å². The number of carbonyl (C=O) groups is 1. The molecule has 0 atom stereocenters. The van der Waals surface area contributed by atoms with E-state index in [2.05, 4.69) is 36.8 Å². The Bertz CT molecular complexity index is 636. The molecule has 1 aromatic heterocycles. The number of aryl methyl sites for hydroxylation is 1. The van der Waals surface area contributed by atoms with Gasteiger partial charge in [0.1, 0.15) is 12.2 Å². The van der Waals surface area contributed by atoms with E-state index >= 15 is 0 Å². The maximum Gasteiger partial charge on any atom is 0.311 e. The maximum atomic E-state index is 10.7. The lowest BCUT2D eigenvalue weighted by molar-refractivity contribution is -0.136. The molecule has 2 rings (SSSR count). The number of nitrogens with zero attached hydrogens (tertiary/aromatic N) is 2. The van der Waals surface area contributed by atoms with E-state index in [1.807, 2.05) is 12.1 Å². The molecule has 0 aliphatic carbocycles. The smallest absolute Gasteiger partial charge is 0.311 e. The fraction of sp³-hybridized carbons (Fsp3) is 0.267. The predicted octanol–water partition coefficient (Wildman–Crippen LogP) is 2.70. The Hall–Kier alpha value is -2.23.